The molecule has 152 valence electrons. The summed E-state index contributed by atoms with van der Waals surface area (Å²) in [4.78, 5) is 20.3. The number of aryl methyl sites for hydroxylation is 1. The molecular weight excluding hydrogens is 386 g/mol. The van der Waals surface area contributed by atoms with Crippen LogP contribution in [-0.4, -0.2) is 54.2 Å². The largest absolute Gasteiger partial charge is 0.507 e. The average Bonchev–Trinajstić information content (AvgIpc) is 3.14. The minimum absolute atomic E-state index is 0.149. The van der Waals surface area contributed by atoms with Gasteiger partial charge >= 0.3 is 0 Å². The molecule has 0 spiro atoms. The molecule has 1 aliphatic rings. The predicted molar refractivity (Wildman–Crippen MR) is 114 cm³/mol. The molecule has 1 aromatic heterocycles. The number of ether oxygens (including phenoxy) is 1. The Balaban J connectivity index is 1.42. The number of nitrogens with zero attached hydrogens (tertiary/aromatic N) is 2. The lowest BCUT2D eigenvalue weighted by atomic mass is 10.0. The van der Waals surface area contributed by atoms with Crippen LogP contribution in [0.15, 0.2) is 35.7 Å². The highest BCUT2D eigenvalue weighted by Crippen LogP contribution is 2.29. The summed E-state index contributed by atoms with van der Waals surface area (Å²) in [5, 5.41) is 15.5. The number of phenolic OH excluding ortho intramolecular Hbond substituents is 1. The second kappa shape index (κ2) is 8.39. The maximum Gasteiger partial charge on any atom is 0.229 e. The third-order valence-corrected chi connectivity index (χ3v) is 6.50. The fourth-order valence-electron chi connectivity index (χ4n) is 3.89. The lowest BCUT2D eigenvalue weighted by molar-refractivity contribution is -0.917. The number of benzene rings is 2. The summed E-state index contributed by atoms with van der Waals surface area (Å²) in [5.41, 5.74) is 1.91. The molecule has 0 bridgehead atoms. The van der Waals surface area contributed by atoms with Crippen molar-refractivity contribution in [2.75, 3.05) is 33.3 Å². The van der Waals surface area contributed by atoms with Gasteiger partial charge in [-0.25, -0.2) is 4.98 Å². The number of rotatable bonds is 5. The number of aromatic nitrogens is 1. The van der Waals surface area contributed by atoms with Gasteiger partial charge in [-0.2, -0.15) is 0 Å². The zero-order valence-electron chi connectivity index (χ0n) is 16.8. The fourth-order valence-corrected chi connectivity index (χ4v) is 4.65. The Kier molecular flexibility index (Phi) is 5.69. The number of quaternary nitrogens is 1. The van der Waals surface area contributed by atoms with E-state index in [1.165, 1.54) is 4.90 Å². The van der Waals surface area contributed by atoms with Crippen LogP contribution in [-0.2, 0) is 17.8 Å². The van der Waals surface area contributed by atoms with Gasteiger partial charge in [0, 0.05) is 11.1 Å². The average molecular weight is 413 g/mol. The van der Waals surface area contributed by atoms with Crippen molar-refractivity contribution in [3.8, 4) is 11.5 Å². The molecule has 29 heavy (non-hydrogen) atoms. The van der Waals surface area contributed by atoms with Gasteiger partial charge in [0.15, 0.2) is 0 Å². The van der Waals surface area contributed by atoms with E-state index >= 15 is 0 Å². The number of carbonyl (C=O) groups is 1. The van der Waals surface area contributed by atoms with Crippen LogP contribution in [0, 0.1) is 6.92 Å². The van der Waals surface area contributed by atoms with Crippen molar-refractivity contribution in [1.29, 1.82) is 0 Å². The predicted octanol–water partition coefficient (Wildman–Crippen LogP) is 1.79. The van der Waals surface area contributed by atoms with Crippen molar-refractivity contribution >= 4 is 28.0 Å². The number of hydrogen-bond donors (Lipinski definition) is 2. The molecule has 0 saturated carbocycles. The van der Waals surface area contributed by atoms with Crippen LogP contribution >= 0.6 is 11.3 Å². The van der Waals surface area contributed by atoms with Gasteiger partial charge in [0.25, 0.3) is 0 Å². The quantitative estimate of drug-likeness (QED) is 0.671. The zero-order valence-corrected chi connectivity index (χ0v) is 17.6. The summed E-state index contributed by atoms with van der Waals surface area (Å²) < 4.78 is 5.36. The highest BCUT2D eigenvalue weighted by atomic mass is 32.1. The normalized spacial score (nSPS) is 15.0. The minimum atomic E-state index is 0.149. The number of phenols is 1. The zero-order chi connectivity index (χ0) is 20.4. The Labute approximate surface area is 174 Å². The molecule has 0 aliphatic carbocycles. The van der Waals surface area contributed by atoms with E-state index in [0.29, 0.717) is 12.2 Å². The van der Waals surface area contributed by atoms with Gasteiger partial charge in [-0.3, -0.25) is 4.79 Å². The van der Waals surface area contributed by atoms with Crippen molar-refractivity contribution in [3.63, 3.8) is 0 Å². The highest BCUT2D eigenvalue weighted by molar-refractivity contribution is 7.09. The topological polar surface area (TPSA) is 67.1 Å². The van der Waals surface area contributed by atoms with Gasteiger partial charge in [0.2, 0.25) is 5.91 Å². The molecule has 1 aliphatic heterocycles. The number of hydrogen-bond acceptors (Lipinski definition) is 5. The van der Waals surface area contributed by atoms with Crippen LogP contribution in [0.3, 0.4) is 0 Å². The minimum Gasteiger partial charge on any atom is -0.507 e. The molecule has 3 aromatic rings. The summed E-state index contributed by atoms with van der Waals surface area (Å²) in [6, 6.07) is 9.63. The second-order valence-corrected chi connectivity index (χ2v) is 8.46. The van der Waals surface area contributed by atoms with E-state index in [-0.39, 0.29) is 5.91 Å². The molecule has 4 rings (SSSR count). The van der Waals surface area contributed by atoms with Gasteiger partial charge in [-0.15, -0.1) is 11.3 Å². The molecule has 2 N–H and O–H groups in total. The summed E-state index contributed by atoms with van der Waals surface area (Å²) in [5.74, 6) is 1.25. The first-order valence-electron chi connectivity index (χ1n) is 9.84. The molecule has 1 fully saturated rings. The van der Waals surface area contributed by atoms with Crippen molar-refractivity contribution in [1.82, 2.24) is 9.88 Å². The number of methoxy groups -OCH3 is 1. The van der Waals surface area contributed by atoms with Crippen molar-refractivity contribution in [3.05, 3.63) is 52.0 Å². The molecule has 1 amide bonds. The summed E-state index contributed by atoms with van der Waals surface area (Å²) in [7, 11) is 1.65. The number of nitrogens with one attached hydrogen (secondary N) is 1. The van der Waals surface area contributed by atoms with Gasteiger partial charge in [-0.1, -0.05) is 12.1 Å². The second-order valence-electron chi connectivity index (χ2n) is 7.52. The summed E-state index contributed by atoms with van der Waals surface area (Å²) >= 11 is 1.55. The number of fused-ring (bicyclic) bond motifs is 1. The maximum atomic E-state index is 12.6. The van der Waals surface area contributed by atoms with E-state index in [9.17, 15) is 9.90 Å². The molecule has 1 saturated heterocycles. The van der Waals surface area contributed by atoms with Crippen LogP contribution in [0.5, 0.6) is 11.5 Å². The Morgan fingerprint density at radius 3 is 2.72 bits per heavy atom. The van der Waals surface area contributed by atoms with Crippen LogP contribution in [0.2, 0.25) is 0 Å². The molecule has 2 heterocycles. The molecular formula is C22H26N3O3S+. The Morgan fingerprint density at radius 1 is 1.28 bits per heavy atom. The fraction of sp³-hybridized carbons (Fsp3) is 0.364. The van der Waals surface area contributed by atoms with Gasteiger partial charge < -0.3 is 19.6 Å². The molecule has 7 heteroatoms. The van der Waals surface area contributed by atoms with E-state index in [2.05, 4.69) is 4.98 Å². The van der Waals surface area contributed by atoms with Crippen LogP contribution < -0.4 is 9.64 Å². The van der Waals surface area contributed by atoms with E-state index in [1.54, 1.807) is 24.5 Å². The first kappa shape index (κ1) is 19.7. The maximum absolute atomic E-state index is 12.6. The molecule has 0 atom stereocenters. The number of amides is 1. The SMILES string of the molecule is COc1ccc2ccc(O)c(C[NH+]3CCN(C(=O)Cc4nc(C)cs4)CC3)c2c1. The Bertz CT molecular complexity index is 1030. The van der Waals surface area contributed by atoms with Gasteiger partial charge in [0.1, 0.15) is 23.1 Å². The van der Waals surface area contributed by atoms with E-state index in [4.69, 9.17) is 4.74 Å². The molecule has 0 unspecified atom stereocenters. The number of piperazine rings is 1. The number of aromatic hydroxyl groups is 1. The van der Waals surface area contributed by atoms with Crippen LogP contribution in [0.4, 0.5) is 0 Å². The lowest BCUT2D eigenvalue weighted by Crippen LogP contribution is -3.13. The highest BCUT2D eigenvalue weighted by Gasteiger charge is 2.25. The summed E-state index contributed by atoms with van der Waals surface area (Å²) in [6.45, 7) is 5.86. The lowest BCUT2D eigenvalue weighted by Gasteiger charge is -2.32. The Hall–Kier alpha value is -2.64. The molecule has 0 radical (unpaired) electrons. The van der Waals surface area contributed by atoms with Crippen LogP contribution in [0.1, 0.15) is 16.3 Å². The number of thiazole rings is 1. The first-order valence-corrected chi connectivity index (χ1v) is 10.7. The van der Waals surface area contributed by atoms with Crippen molar-refractivity contribution in [2.45, 2.75) is 19.9 Å². The van der Waals surface area contributed by atoms with E-state index in [0.717, 1.165) is 65.5 Å². The third kappa shape index (κ3) is 4.36. The van der Waals surface area contributed by atoms with Crippen molar-refractivity contribution in [2.24, 2.45) is 0 Å². The molecule has 2 aromatic carbocycles. The van der Waals surface area contributed by atoms with Crippen molar-refractivity contribution < 1.29 is 19.5 Å². The standard InChI is InChI=1S/C22H25N3O3S/c1-15-14-29-21(23-15)12-22(27)25-9-7-24(8-10-25)13-19-18-11-17(28-2)5-3-16(18)4-6-20(19)26/h3-6,11,14,26H,7-10,12-13H2,1-2H3/p+1. The third-order valence-electron chi connectivity index (χ3n) is 5.53. The van der Waals surface area contributed by atoms with E-state index < -0.39 is 0 Å². The molecule has 6 nitrogen and oxygen atoms in total. The Morgan fingerprint density at radius 2 is 2.03 bits per heavy atom. The van der Waals surface area contributed by atoms with E-state index in [1.807, 2.05) is 41.5 Å². The monoisotopic (exact) mass is 412 g/mol. The van der Waals surface area contributed by atoms with Gasteiger partial charge in [0.05, 0.1) is 45.3 Å². The number of carbonyl (C=O) groups excluding carboxylic acids is 1. The first-order chi connectivity index (χ1) is 14.0. The van der Waals surface area contributed by atoms with Crippen LogP contribution in [0.25, 0.3) is 10.8 Å². The smallest absolute Gasteiger partial charge is 0.229 e. The summed E-state index contributed by atoms with van der Waals surface area (Å²) in [6.07, 6.45) is 0.387. The van der Waals surface area contributed by atoms with Gasteiger partial charge in [-0.05, 0) is 35.9 Å².